The molecule has 2 aliphatic rings. The van der Waals surface area contributed by atoms with Crippen molar-refractivity contribution in [3.8, 4) is 0 Å². The van der Waals surface area contributed by atoms with Crippen LogP contribution in [0.3, 0.4) is 0 Å². The molecule has 0 amide bonds. The summed E-state index contributed by atoms with van der Waals surface area (Å²) < 4.78 is 0. The second-order valence-corrected chi connectivity index (χ2v) is 4.67. The number of ketones is 1. The van der Waals surface area contributed by atoms with Gasteiger partial charge in [0.1, 0.15) is 0 Å². The van der Waals surface area contributed by atoms with Crippen molar-refractivity contribution in [3.05, 3.63) is 53.1 Å². The molecule has 1 saturated carbocycles. The molecule has 0 N–H and O–H groups in total. The summed E-state index contributed by atoms with van der Waals surface area (Å²) in [5.41, 5.74) is 3.37. The van der Waals surface area contributed by atoms with Crippen molar-refractivity contribution < 1.29 is 4.79 Å². The second-order valence-electron chi connectivity index (χ2n) is 4.67. The van der Waals surface area contributed by atoms with Gasteiger partial charge in [0.25, 0.3) is 0 Å². The zero-order valence-electron chi connectivity index (χ0n) is 9.31. The van der Waals surface area contributed by atoms with Gasteiger partial charge in [-0.3, -0.25) is 4.79 Å². The first-order valence-electron chi connectivity index (χ1n) is 5.75. The number of Topliss-reactive ketones (excluding diaryl/α,β-unsaturated/α-hetero) is 1. The van der Waals surface area contributed by atoms with Crippen molar-refractivity contribution in [1.82, 2.24) is 0 Å². The molecule has 0 unspecified atom stereocenters. The number of hydrogen-bond acceptors (Lipinski definition) is 1. The molecular formula is C15H14O. The minimum absolute atomic E-state index is 0.260. The fourth-order valence-electron chi connectivity index (χ4n) is 2.63. The van der Waals surface area contributed by atoms with E-state index in [4.69, 9.17) is 0 Å². The van der Waals surface area contributed by atoms with E-state index >= 15 is 0 Å². The summed E-state index contributed by atoms with van der Waals surface area (Å²) in [7, 11) is 0. The normalized spacial score (nSPS) is 29.3. The lowest BCUT2D eigenvalue weighted by Crippen LogP contribution is -2.36. The van der Waals surface area contributed by atoms with E-state index in [-0.39, 0.29) is 5.92 Å². The van der Waals surface area contributed by atoms with Crippen LogP contribution in [0.4, 0.5) is 0 Å². The molecule has 0 radical (unpaired) electrons. The number of rotatable bonds is 1. The largest absolute Gasteiger partial charge is 0.294 e. The highest BCUT2D eigenvalue weighted by Gasteiger charge is 2.44. The first-order chi connectivity index (χ1) is 7.75. The fraction of sp³-hybridized carbons (Fsp3) is 0.267. The Hall–Kier alpha value is -1.63. The average molecular weight is 210 g/mol. The number of hydrogen-bond donors (Lipinski definition) is 0. The Morgan fingerprint density at radius 1 is 1.38 bits per heavy atom. The summed E-state index contributed by atoms with van der Waals surface area (Å²) in [6, 6.07) is 8.28. The maximum absolute atomic E-state index is 11.8. The Balaban J connectivity index is 1.93. The predicted octanol–water partition coefficient (Wildman–Crippen LogP) is 3.15. The number of benzene rings is 1. The van der Waals surface area contributed by atoms with Gasteiger partial charge in [0.15, 0.2) is 5.78 Å². The number of fused-ring (bicyclic) bond motifs is 1. The Labute approximate surface area is 95.5 Å². The lowest BCUT2D eigenvalue weighted by Gasteiger charge is -2.31. The Morgan fingerprint density at radius 2 is 2.25 bits per heavy atom. The molecule has 0 spiro atoms. The maximum atomic E-state index is 11.8. The minimum atomic E-state index is 0.260. The van der Waals surface area contributed by atoms with Gasteiger partial charge in [-0.2, -0.15) is 0 Å². The van der Waals surface area contributed by atoms with Crippen LogP contribution in [0.25, 0.3) is 6.08 Å². The van der Waals surface area contributed by atoms with Crippen LogP contribution in [0.1, 0.15) is 17.5 Å². The summed E-state index contributed by atoms with van der Waals surface area (Å²) in [4.78, 5) is 11.8. The molecule has 0 aliphatic heterocycles. The molecule has 1 fully saturated rings. The number of allylic oxidation sites excluding steroid dienone is 3. The number of carbonyl (C=O) groups excluding carboxylic acids is 1. The number of aryl methyl sites for hydroxylation is 1. The van der Waals surface area contributed by atoms with Crippen molar-refractivity contribution in [2.45, 2.75) is 13.3 Å². The molecule has 0 heterocycles. The lowest BCUT2D eigenvalue weighted by molar-refractivity contribution is -0.124. The molecule has 2 aliphatic carbocycles. The van der Waals surface area contributed by atoms with Gasteiger partial charge in [-0.05, 0) is 25.0 Å². The molecule has 0 bridgehead atoms. The van der Waals surface area contributed by atoms with Gasteiger partial charge < -0.3 is 0 Å². The molecule has 3 rings (SSSR count). The summed E-state index contributed by atoms with van der Waals surface area (Å²) >= 11 is 0. The van der Waals surface area contributed by atoms with Crippen LogP contribution in [-0.4, -0.2) is 5.78 Å². The average Bonchev–Trinajstić information content (AvgIpc) is 2.70. The van der Waals surface area contributed by atoms with Crippen LogP contribution < -0.4 is 0 Å². The Bertz CT molecular complexity index is 508. The van der Waals surface area contributed by atoms with E-state index in [1.807, 2.05) is 12.1 Å². The van der Waals surface area contributed by atoms with E-state index in [0.717, 1.165) is 17.6 Å². The van der Waals surface area contributed by atoms with Gasteiger partial charge in [-0.15, -0.1) is 0 Å². The topological polar surface area (TPSA) is 17.1 Å². The third-order valence-electron chi connectivity index (χ3n) is 3.51. The Morgan fingerprint density at radius 3 is 3.06 bits per heavy atom. The van der Waals surface area contributed by atoms with Crippen LogP contribution in [-0.2, 0) is 4.79 Å². The summed E-state index contributed by atoms with van der Waals surface area (Å²) in [5, 5.41) is 0. The fourth-order valence-corrected chi connectivity index (χ4v) is 2.63. The molecule has 0 saturated heterocycles. The van der Waals surface area contributed by atoms with Gasteiger partial charge in [0.2, 0.25) is 0 Å². The van der Waals surface area contributed by atoms with E-state index in [9.17, 15) is 4.79 Å². The van der Waals surface area contributed by atoms with Crippen LogP contribution in [0.5, 0.6) is 0 Å². The zero-order chi connectivity index (χ0) is 11.1. The number of carbonyl (C=O) groups is 1. The van der Waals surface area contributed by atoms with E-state index < -0.39 is 0 Å². The van der Waals surface area contributed by atoms with Crippen molar-refractivity contribution in [2.75, 3.05) is 0 Å². The third kappa shape index (κ3) is 1.35. The monoisotopic (exact) mass is 210 g/mol. The summed E-state index contributed by atoms with van der Waals surface area (Å²) in [6.45, 7) is 2.07. The molecule has 2 atom stereocenters. The standard InChI is InChI=1S/C15H14O/c1-10-4-2-5-11(8-10)9-14-12-6-3-7-13(12)15(14)16/h2-6,8-9,12-13H,7H2,1H3/b14-9-/t12-,13+/m1/s1. The van der Waals surface area contributed by atoms with E-state index in [1.54, 1.807) is 0 Å². The summed E-state index contributed by atoms with van der Waals surface area (Å²) in [6.07, 6.45) is 7.29. The highest BCUT2D eigenvalue weighted by molar-refractivity contribution is 6.09. The molecule has 16 heavy (non-hydrogen) atoms. The molecule has 1 aromatic carbocycles. The van der Waals surface area contributed by atoms with Gasteiger partial charge in [0, 0.05) is 17.4 Å². The van der Waals surface area contributed by atoms with Crippen LogP contribution >= 0.6 is 0 Å². The van der Waals surface area contributed by atoms with Crippen molar-refractivity contribution in [2.24, 2.45) is 11.8 Å². The minimum Gasteiger partial charge on any atom is -0.294 e. The molecular weight excluding hydrogens is 196 g/mol. The molecule has 1 nitrogen and oxygen atoms in total. The van der Waals surface area contributed by atoms with Crippen molar-refractivity contribution >= 4 is 11.9 Å². The van der Waals surface area contributed by atoms with Gasteiger partial charge in [-0.1, -0.05) is 42.0 Å². The molecule has 80 valence electrons. The first kappa shape index (κ1) is 9.59. The first-order valence-corrected chi connectivity index (χ1v) is 5.75. The summed E-state index contributed by atoms with van der Waals surface area (Å²) in [5.74, 6) is 1.00. The molecule has 0 aromatic heterocycles. The van der Waals surface area contributed by atoms with Crippen molar-refractivity contribution in [1.29, 1.82) is 0 Å². The highest BCUT2D eigenvalue weighted by atomic mass is 16.1. The van der Waals surface area contributed by atoms with Crippen LogP contribution in [0.15, 0.2) is 42.0 Å². The lowest BCUT2D eigenvalue weighted by atomic mass is 9.69. The predicted molar refractivity (Wildman–Crippen MR) is 64.9 cm³/mol. The molecule has 1 heteroatoms. The smallest absolute Gasteiger partial charge is 0.163 e. The van der Waals surface area contributed by atoms with E-state index in [0.29, 0.717) is 11.7 Å². The van der Waals surface area contributed by atoms with E-state index in [2.05, 4.69) is 37.3 Å². The zero-order valence-corrected chi connectivity index (χ0v) is 9.31. The van der Waals surface area contributed by atoms with Gasteiger partial charge in [-0.25, -0.2) is 0 Å². The second kappa shape index (κ2) is 3.44. The van der Waals surface area contributed by atoms with E-state index in [1.165, 1.54) is 5.56 Å². The quantitative estimate of drug-likeness (QED) is 0.514. The van der Waals surface area contributed by atoms with Crippen LogP contribution in [0, 0.1) is 18.8 Å². The SMILES string of the molecule is Cc1cccc(/C=C2\C(=O)[C@H]3CC=C[C@@H]23)c1. The third-order valence-corrected chi connectivity index (χ3v) is 3.51. The Kier molecular flexibility index (Phi) is 2.06. The molecule has 1 aromatic rings. The van der Waals surface area contributed by atoms with Gasteiger partial charge >= 0.3 is 0 Å². The van der Waals surface area contributed by atoms with Gasteiger partial charge in [0.05, 0.1) is 0 Å². The van der Waals surface area contributed by atoms with Crippen LogP contribution in [0.2, 0.25) is 0 Å². The van der Waals surface area contributed by atoms with Crippen molar-refractivity contribution in [3.63, 3.8) is 0 Å². The highest BCUT2D eigenvalue weighted by Crippen LogP contribution is 2.44. The maximum Gasteiger partial charge on any atom is 0.163 e.